The lowest BCUT2D eigenvalue weighted by Crippen LogP contribution is -2.33. The van der Waals surface area contributed by atoms with E-state index in [-0.39, 0.29) is 5.91 Å². The molecule has 0 saturated heterocycles. The van der Waals surface area contributed by atoms with Gasteiger partial charge in [-0.2, -0.15) is 0 Å². The Kier molecular flexibility index (Phi) is 6.62. The Bertz CT molecular complexity index is 358. The van der Waals surface area contributed by atoms with Gasteiger partial charge in [0, 0.05) is 37.3 Å². The SMILES string of the molecule is COCCNCCNC(=O)c1cccc(Cl)c1. The van der Waals surface area contributed by atoms with Crippen molar-refractivity contribution >= 4 is 17.5 Å². The molecule has 17 heavy (non-hydrogen) atoms. The minimum absolute atomic E-state index is 0.110. The average Bonchev–Trinajstić information content (AvgIpc) is 2.33. The van der Waals surface area contributed by atoms with Crippen LogP contribution >= 0.6 is 11.6 Å². The van der Waals surface area contributed by atoms with Crippen molar-refractivity contribution in [3.8, 4) is 0 Å². The Morgan fingerprint density at radius 1 is 1.35 bits per heavy atom. The molecule has 0 bridgehead atoms. The Hall–Kier alpha value is -1.10. The fourth-order valence-corrected chi connectivity index (χ4v) is 1.49. The number of benzene rings is 1. The molecule has 2 N–H and O–H groups in total. The van der Waals surface area contributed by atoms with Crippen molar-refractivity contribution < 1.29 is 9.53 Å². The maximum absolute atomic E-state index is 11.7. The van der Waals surface area contributed by atoms with Crippen molar-refractivity contribution in [2.45, 2.75) is 0 Å². The van der Waals surface area contributed by atoms with Crippen LogP contribution in [-0.2, 0) is 4.74 Å². The number of ether oxygens (including phenoxy) is 1. The molecule has 0 spiro atoms. The molecule has 94 valence electrons. The standard InChI is InChI=1S/C12H17ClN2O2/c1-17-8-7-14-5-6-15-12(16)10-3-2-4-11(13)9-10/h2-4,9,14H,5-8H2,1H3,(H,15,16). The molecule has 0 heterocycles. The summed E-state index contributed by atoms with van der Waals surface area (Å²) >= 11 is 5.80. The van der Waals surface area contributed by atoms with E-state index < -0.39 is 0 Å². The molecule has 0 aromatic heterocycles. The fraction of sp³-hybridized carbons (Fsp3) is 0.417. The van der Waals surface area contributed by atoms with E-state index in [1.807, 2.05) is 0 Å². The lowest BCUT2D eigenvalue weighted by Gasteiger charge is -2.06. The highest BCUT2D eigenvalue weighted by molar-refractivity contribution is 6.30. The third kappa shape index (κ3) is 5.68. The highest BCUT2D eigenvalue weighted by atomic mass is 35.5. The zero-order chi connectivity index (χ0) is 12.5. The molecule has 1 aromatic carbocycles. The van der Waals surface area contributed by atoms with Crippen LogP contribution in [0.4, 0.5) is 0 Å². The van der Waals surface area contributed by atoms with Crippen LogP contribution in [0.25, 0.3) is 0 Å². The molecule has 0 radical (unpaired) electrons. The largest absolute Gasteiger partial charge is 0.383 e. The van der Waals surface area contributed by atoms with Crippen LogP contribution in [0, 0.1) is 0 Å². The highest BCUT2D eigenvalue weighted by Crippen LogP contribution is 2.10. The third-order valence-electron chi connectivity index (χ3n) is 2.16. The van der Waals surface area contributed by atoms with E-state index >= 15 is 0 Å². The van der Waals surface area contributed by atoms with E-state index in [1.54, 1.807) is 31.4 Å². The summed E-state index contributed by atoms with van der Waals surface area (Å²) in [5.41, 5.74) is 0.578. The minimum Gasteiger partial charge on any atom is -0.383 e. The number of methoxy groups -OCH3 is 1. The first kappa shape index (κ1) is 14.0. The molecule has 0 saturated carbocycles. The molecule has 0 fully saturated rings. The highest BCUT2D eigenvalue weighted by Gasteiger charge is 2.04. The van der Waals surface area contributed by atoms with Crippen LogP contribution in [0.5, 0.6) is 0 Å². The first-order valence-corrected chi connectivity index (χ1v) is 5.85. The quantitative estimate of drug-likeness (QED) is 0.723. The van der Waals surface area contributed by atoms with Gasteiger partial charge in [0.2, 0.25) is 0 Å². The summed E-state index contributed by atoms with van der Waals surface area (Å²) in [6.07, 6.45) is 0. The summed E-state index contributed by atoms with van der Waals surface area (Å²) < 4.78 is 4.89. The second kappa shape index (κ2) is 8.06. The van der Waals surface area contributed by atoms with E-state index in [9.17, 15) is 4.79 Å². The van der Waals surface area contributed by atoms with Gasteiger partial charge in [-0.3, -0.25) is 4.79 Å². The van der Waals surface area contributed by atoms with Crippen LogP contribution in [0.2, 0.25) is 5.02 Å². The Labute approximate surface area is 106 Å². The summed E-state index contributed by atoms with van der Waals surface area (Å²) in [6, 6.07) is 6.88. The maximum Gasteiger partial charge on any atom is 0.251 e. The van der Waals surface area contributed by atoms with Gasteiger partial charge in [-0.1, -0.05) is 17.7 Å². The van der Waals surface area contributed by atoms with Gasteiger partial charge in [-0.25, -0.2) is 0 Å². The van der Waals surface area contributed by atoms with E-state index in [1.165, 1.54) is 0 Å². The van der Waals surface area contributed by atoms with E-state index in [0.29, 0.717) is 23.7 Å². The van der Waals surface area contributed by atoms with E-state index in [2.05, 4.69) is 10.6 Å². The zero-order valence-electron chi connectivity index (χ0n) is 9.83. The molecular weight excluding hydrogens is 240 g/mol. The van der Waals surface area contributed by atoms with Crippen LogP contribution in [0.1, 0.15) is 10.4 Å². The smallest absolute Gasteiger partial charge is 0.251 e. The van der Waals surface area contributed by atoms with Crippen LogP contribution in [0.3, 0.4) is 0 Å². The molecule has 5 heteroatoms. The molecule has 1 rings (SSSR count). The van der Waals surface area contributed by atoms with Gasteiger partial charge in [0.1, 0.15) is 0 Å². The van der Waals surface area contributed by atoms with Crippen molar-refractivity contribution in [3.05, 3.63) is 34.9 Å². The Morgan fingerprint density at radius 3 is 2.88 bits per heavy atom. The molecule has 0 atom stereocenters. The average molecular weight is 257 g/mol. The van der Waals surface area contributed by atoms with E-state index in [0.717, 1.165) is 13.1 Å². The zero-order valence-corrected chi connectivity index (χ0v) is 10.6. The summed E-state index contributed by atoms with van der Waals surface area (Å²) in [5.74, 6) is -0.110. The molecule has 0 aliphatic carbocycles. The van der Waals surface area contributed by atoms with Crippen molar-refractivity contribution in [1.29, 1.82) is 0 Å². The normalized spacial score (nSPS) is 10.2. The number of carbonyl (C=O) groups is 1. The van der Waals surface area contributed by atoms with Gasteiger partial charge in [-0.15, -0.1) is 0 Å². The lowest BCUT2D eigenvalue weighted by atomic mass is 10.2. The van der Waals surface area contributed by atoms with Gasteiger partial charge in [0.15, 0.2) is 0 Å². The first-order valence-electron chi connectivity index (χ1n) is 5.47. The predicted molar refractivity (Wildman–Crippen MR) is 68.5 cm³/mol. The number of hydrogen-bond acceptors (Lipinski definition) is 3. The molecular formula is C12H17ClN2O2. The minimum atomic E-state index is -0.110. The number of nitrogens with one attached hydrogen (secondary N) is 2. The van der Waals surface area contributed by atoms with Gasteiger partial charge < -0.3 is 15.4 Å². The lowest BCUT2D eigenvalue weighted by molar-refractivity contribution is 0.0953. The predicted octanol–water partition coefficient (Wildman–Crippen LogP) is 1.31. The Morgan fingerprint density at radius 2 is 2.18 bits per heavy atom. The van der Waals surface area contributed by atoms with Crippen LogP contribution in [0.15, 0.2) is 24.3 Å². The monoisotopic (exact) mass is 256 g/mol. The molecule has 4 nitrogen and oxygen atoms in total. The van der Waals surface area contributed by atoms with Crippen LogP contribution in [-0.4, -0.2) is 39.3 Å². The molecule has 0 aliphatic rings. The second-order valence-electron chi connectivity index (χ2n) is 3.51. The molecule has 0 aliphatic heterocycles. The number of carbonyl (C=O) groups excluding carboxylic acids is 1. The number of amides is 1. The summed E-state index contributed by atoms with van der Waals surface area (Å²) in [5, 5.41) is 6.51. The molecule has 1 aromatic rings. The van der Waals surface area contributed by atoms with E-state index in [4.69, 9.17) is 16.3 Å². The third-order valence-corrected chi connectivity index (χ3v) is 2.39. The molecule has 0 unspecified atom stereocenters. The van der Waals surface area contributed by atoms with Gasteiger partial charge in [0.05, 0.1) is 6.61 Å². The van der Waals surface area contributed by atoms with Crippen molar-refractivity contribution in [3.63, 3.8) is 0 Å². The van der Waals surface area contributed by atoms with Crippen molar-refractivity contribution in [2.24, 2.45) is 0 Å². The van der Waals surface area contributed by atoms with Crippen molar-refractivity contribution in [2.75, 3.05) is 33.4 Å². The summed E-state index contributed by atoms with van der Waals surface area (Å²) in [4.78, 5) is 11.7. The first-order chi connectivity index (χ1) is 8.24. The topological polar surface area (TPSA) is 50.4 Å². The van der Waals surface area contributed by atoms with Gasteiger partial charge in [-0.05, 0) is 18.2 Å². The maximum atomic E-state index is 11.7. The Balaban J connectivity index is 2.21. The number of hydrogen-bond donors (Lipinski definition) is 2. The van der Waals surface area contributed by atoms with Crippen LogP contribution < -0.4 is 10.6 Å². The second-order valence-corrected chi connectivity index (χ2v) is 3.95. The van der Waals surface area contributed by atoms with Crippen molar-refractivity contribution in [1.82, 2.24) is 10.6 Å². The fourth-order valence-electron chi connectivity index (χ4n) is 1.30. The number of rotatable bonds is 7. The van der Waals surface area contributed by atoms with Gasteiger partial charge in [0.25, 0.3) is 5.91 Å². The molecule has 1 amide bonds. The summed E-state index contributed by atoms with van der Waals surface area (Å²) in [7, 11) is 1.66. The van der Waals surface area contributed by atoms with Gasteiger partial charge >= 0.3 is 0 Å². The number of halogens is 1. The summed E-state index contributed by atoms with van der Waals surface area (Å²) in [6.45, 7) is 2.75.